The molecule has 0 aliphatic heterocycles. The maximum Gasteiger partial charge on any atom is 0.336 e. The fourth-order valence-corrected chi connectivity index (χ4v) is 3.24. The van der Waals surface area contributed by atoms with E-state index in [2.05, 4.69) is 5.32 Å². The van der Waals surface area contributed by atoms with Crippen LogP contribution in [0.25, 0.3) is 16.6 Å². The van der Waals surface area contributed by atoms with Gasteiger partial charge in [-0.2, -0.15) is 0 Å². The molecule has 0 saturated heterocycles. The van der Waals surface area contributed by atoms with E-state index in [1.807, 2.05) is 13.8 Å². The van der Waals surface area contributed by atoms with Gasteiger partial charge >= 0.3 is 5.69 Å². The number of fused-ring (bicyclic) bond motifs is 1. The number of nitrogens with one attached hydrogen (secondary N) is 1. The maximum absolute atomic E-state index is 13.3. The second kappa shape index (κ2) is 8.21. The van der Waals surface area contributed by atoms with Gasteiger partial charge in [0.2, 0.25) is 5.91 Å². The third kappa shape index (κ3) is 3.96. The molecule has 2 atom stereocenters. The summed E-state index contributed by atoms with van der Waals surface area (Å²) >= 11 is 6.09. The minimum atomic E-state index is -0.898. The van der Waals surface area contributed by atoms with Gasteiger partial charge in [0, 0.05) is 11.1 Å². The quantitative estimate of drug-likeness (QED) is 0.691. The summed E-state index contributed by atoms with van der Waals surface area (Å²) < 4.78 is 15.5. The number of amides is 1. The number of carbonyl (C=O) groups excluding carboxylic acids is 1. The van der Waals surface area contributed by atoms with Crippen molar-refractivity contribution in [1.82, 2.24) is 14.5 Å². The summed E-state index contributed by atoms with van der Waals surface area (Å²) in [6.07, 6.45) is 0.731. The first-order valence-corrected chi connectivity index (χ1v) is 9.65. The van der Waals surface area contributed by atoms with Crippen LogP contribution in [0, 0.1) is 5.82 Å². The highest BCUT2D eigenvalue weighted by molar-refractivity contribution is 6.31. The van der Waals surface area contributed by atoms with Crippen molar-refractivity contribution in [2.75, 3.05) is 0 Å². The minimum absolute atomic E-state index is 0.0708. The number of hydrogen-bond acceptors (Lipinski definition) is 3. The molecule has 152 valence electrons. The Labute approximate surface area is 171 Å². The predicted octanol–water partition coefficient (Wildman–Crippen LogP) is 3.42. The van der Waals surface area contributed by atoms with E-state index in [0.29, 0.717) is 5.02 Å². The van der Waals surface area contributed by atoms with Crippen molar-refractivity contribution >= 4 is 28.4 Å². The average molecular weight is 418 g/mol. The summed E-state index contributed by atoms with van der Waals surface area (Å²) in [6, 6.07) is 8.58. The number of halogens is 2. The Morgan fingerprint density at radius 1 is 1.14 bits per heavy atom. The Morgan fingerprint density at radius 3 is 2.41 bits per heavy atom. The molecule has 0 unspecified atom stereocenters. The Morgan fingerprint density at radius 2 is 1.79 bits per heavy atom. The van der Waals surface area contributed by atoms with E-state index in [1.165, 1.54) is 28.8 Å². The molecule has 0 fully saturated rings. The van der Waals surface area contributed by atoms with Crippen LogP contribution in [0.5, 0.6) is 0 Å². The second-order valence-corrected chi connectivity index (χ2v) is 7.36. The van der Waals surface area contributed by atoms with Crippen LogP contribution in [-0.4, -0.2) is 21.1 Å². The maximum atomic E-state index is 13.3. The predicted molar refractivity (Wildman–Crippen MR) is 111 cm³/mol. The van der Waals surface area contributed by atoms with Crippen molar-refractivity contribution in [1.29, 1.82) is 0 Å². The number of benzene rings is 2. The summed E-state index contributed by atoms with van der Waals surface area (Å²) in [5.41, 5.74) is -0.804. The molecule has 1 amide bonds. The van der Waals surface area contributed by atoms with E-state index >= 15 is 0 Å². The van der Waals surface area contributed by atoms with Crippen LogP contribution in [0.3, 0.4) is 0 Å². The van der Waals surface area contributed by atoms with Crippen molar-refractivity contribution in [3.05, 3.63) is 74.1 Å². The molecule has 1 N–H and O–H groups in total. The molecule has 3 aromatic rings. The zero-order valence-electron chi connectivity index (χ0n) is 16.3. The second-order valence-electron chi connectivity index (χ2n) is 6.92. The molecule has 1 aromatic heterocycles. The van der Waals surface area contributed by atoms with Crippen LogP contribution in [0.15, 0.2) is 52.1 Å². The first kappa shape index (κ1) is 20.8. The molecule has 0 bridgehead atoms. The lowest BCUT2D eigenvalue weighted by molar-refractivity contribution is -0.124. The van der Waals surface area contributed by atoms with E-state index in [4.69, 9.17) is 11.6 Å². The van der Waals surface area contributed by atoms with Gasteiger partial charge < -0.3 is 5.32 Å². The highest BCUT2D eigenvalue weighted by Crippen LogP contribution is 2.20. The number of carbonyl (C=O) groups is 1. The third-order valence-corrected chi connectivity index (χ3v) is 5.14. The van der Waals surface area contributed by atoms with Crippen molar-refractivity contribution in [2.24, 2.45) is 0 Å². The van der Waals surface area contributed by atoms with Crippen LogP contribution >= 0.6 is 11.6 Å². The summed E-state index contributed by atoms with van der Waals surface area (Å²) in [5, 5.41) is 3.40. The van der Waals surface area contributed by atoms with Gasteiger partial charge in [-0.05, 0) is 62.7 Å². The first-order valence-electron chi connectivity index (χ1n) is 9.27. The van der Waals surface area contributed by atoms with E-state index in [-0.39, 0.29) is 28.5 Å². The smallest absolute Gasteiger partial charge is 0.336 e. The topological polar surface area (TPSA) is 73.1 Å². The number of aromatic nitrogens is 2. The van der Waals surface area contributed by atoms with Crippen LogP contribution in [0.4, 0.5) is 4.39 Å². The highest BCUT2D eigenvalue weighted by atomic mass is 35.5. The van der Waals surface area contributed by atoms with E-state index in [0.717, 1.165) is 23.1 Å². The fraction of sp³-hybridized carbons (Fsp3) is 0.286. The van der Waals surface area contributed by atoms with Gasteiger partial charge in [0.1, 0.15) is 11.9 Å². The summed E-state index contributed by atoms with van der Waals surface area (Å²) in [7, 11) is 0. The molecular formula is C21H21ClFN3O3. The van der Waals surface area contributed by atoms with Gasteiger partial charge in [-0.3, -0.25) is 14.2 Å². The lowest BCUT2D eigenvalue weighted by atomic mass is 10.2. The average Bonchev–Trinajstić information content (AvgIpc) is 2.69. The molecule has 2 aromatic carbocycles. The van der Waals surface area contributed by atoms with Crippen molar-refractivity contribution < 1.29 is 9.18 Å². The molecule has 0 radical (unpaired) electrons. The normalized spacial score (nSPS) is 13.3. The molecular weight excluding hydrogens is 397 g/mol. The Balaban J connectivity index is 2.31. The zero-order chi connectivity index (χ0) is 21.3. The van der Waals surface area contributed by atoms with Gasteiger partial charge in [0.05, 0.1) is 16.6 Å². The van der Waals surface area contributed by atoms with Gasteiger partial charge in [-0.1, -0.05) is 18.5 Å². The molecule has 0 aliphatic carbocycles. The van der Waals surface area contributed by atoms with E-state index < -0.39 is 23.1 Å². The van der Waals surface area contributed by atoms with Gasteiger partial charge in [0.15, 0.2) is 0 Å². The molecule has 8 heteroatoms. The summed E-state index contributed by atoms with van der Waals surface area (Å²) in [4.78, 5) is 39.1. The summed E-state index contributed by atoms with van der Waals surface area (Å²) in [5.74, 6) is -0.844. The molecule has 29 heavy (non-hydrogen) atoms. The molecule has 3 rings (SSSR count). The van der Waals surface area contributed by atoms with Crippen LogP contribution < -0.4 is 16.6 Å². The largest absolute Gasteiger partial charge is 0.352 e. The van der Waals surface area contributed by atoms with Crippen LogP contribution in [0.1, 0.15) is 33.2 Å². The number of hydrogen-bond donors (Lipinski definition) is 1. The Hall–Kier alpha value is -2.93. The Kier molecular flexibility index (Phi) is 5.88. The van der Waals surface area contributed by atoms with Crippen molar-refractivity contribution in [3.8, 4) is 5.69 Å². The molecule has 0 aliphatic rings. The lowest BCUT2D eigenvalue weighted by Gasteiger charge is -2.21. The Bertz CT molecular complexity index is 1180. The van der Waals surface area contributed by atoms with Crippen molar-refractivity contribution in [3.63, 3.8) is 0 Å². The van der Waals surface area contributed by atoms with Gasteiger partial charge in [0.25, 0.3) is 5.56 Å². The molecule has 0 spiro atoms. The minimum Gasteiger partial charge on any atom is -0.352 e. The van der Waals surface area contributed by atoms with Crippen LogP contribution in [-0.2, 0) is 4.79 Å². The summed E-state index contributed by atoms with van der Waals surface area (Å²) in [6.45, 7) is 5.38. The first-order chi connectivity index (χ1) is 13.7. The van der Waals surface area contributed by atoms with Gasteiger partial charge in [-0.25, -0.2) is 13.8 Å². The fourth-order valence-electron chi connectivity index (χ4n) is 3.08. The zero-order valence-corrected chi connectivity index (χ0v) is 17.0. The number of rotatable bonds is 5. The molecule has 6 nitrogen and oxygen atoms in total. The monoisotopic (exact) mass is 417 g/mol. The van der Waals surface area contributed by atoms with Crippen molar-refractivity contribution in [2.45, 2.75) is 39.3 Å². The standard InChI is InChI=1S/C21H21ClFN3O3/c1-4-12(2)24-19(27)13(3)25-18-11-14(22)5-10-17(18)20(28)26(21(25)29)16-8-6-15(23)7-9-16/h5-13H,4H2,1-3H3,(H,24,27)/t12-,13-/m1/s1. The van der Waals surface area contributed by atoms with E-state index in [9.17, 15) is 18.8 Å². The van der Waals surface area contributed by atoms with Gasteiger partial charge in [-0.15, -0.1) is 0 Å². The SMILES string of the molecule is CC[C@@H](C)NC(=O)[C@@H](C)n1c(=O)n(-c2ccc(F)cc2)c(=O)c2ccc(Cl)cc21. The molecule has 0 saturated carbocycles. The van der Waals surface area contributed by atoms with E-state index in [1.54, 1.807) is 13.0 Å². The lowest BCUT2D eigenvalue weighted by Crippen LogP contribution is -2.45. The highest BCUT2D eigenvalue weighted by Gasteiger charge is 2.23. The number of nitrogens with zero attached hydrogens (tertiary/aromatic N) is 2. The van der Waals surface area contributed by atoms with Crippen LogP contribution in [0.2, 0.25) is 5.02 Å². The molecule has 1 heterocycles. The third-order valence-electron chi connectivity index (χ3n) is 4.90.